The number of rotatable bonds is 3. The van der Waals surface area contributed by atoms with Gasteiger partial charge in [-0.3, -0.25) is 15.0 Å². The standard InChI is InChI=1S/C23H18N6/c1-29-19-9-8-17-15(5-3-13-25-17)23(19)28-21(29)11-10-20-26-18-7-6-16-14(22(18)27-20)4-2-12-24-16/h2-9,12-13,22H,10-11H2,1H3. The van der Waals surface area contributed by atoms with Crippen molar-refractivity contribution in [3.63, 3.8) is 0 Å². The fraction of sp³-hybridized carbons (Fsp3) is 0.174. The van der Waals surface area contributed by atoms with Gasteiger partial charge in [0.15, 0.2) is 0 Å². The summed E-state index contributed by atoms with van der Waals surface area (Å²) in [7, 11) is 2.07. The van der Waals surface area contributed by atoms with E-state index in [0.717, 1.165) is 63.4 Å². The molecule has 0 amide bonds. The molecule has 0 radical (unpaired) electrons. The maximum absolute atomic E-state index is 4.92. The lowest BCUT2D eigenvalue weighted by Gasteiger charge is -2.14. The molecule has 4 heterocycles. The molecule has 0 fully saturated rings. The third kappa shape index (κ3) is 2.52. The van der Waals surface area contributed by atoms with E-state index in [9.17, 15) is 0 Å². The summed E-state index contributed by atoms with van der Waals surface area (Å²) in [5.41, 5.74) is 6.21. The SMILES string of the molecule is Cn1c(CCC2=NC3C(=N2)C=Cc2ncccc23)nc2c3cccnc3ccc21. The third-order valence-corrected chi connectivity index (χ3v) is 5.69. The van der Waals surface area contributed by atoms with Crippen LogP contribution >= 0.6 is 0 Å². The number of pyridine rings is 2. The molecule has 0 bridgehead atoms. The highest BCUT2D eigenvalue weighted by Crippen LogP contribution is 2.32. The first-order valence-electron chi connectivity index (χ1n) is 9.75. The Morgan fingerprint density at radius 1 is 0.966 bits per heavy atom. The van der Waals surface area contributed by atoms with Crippen molar-refractivity contribution in [3.8, 4) is 0 Å². The van der Waals surface area contributed by atoms with Gasteiger partial charge in [-0.15, -0.1) is 0 Å². The van der Waals surface area contributed by atoms with E-state index in [2.05, 4.69) is 45.8 Å². The fourth-order valence-corrected chi connectivity index (χ4v) is 4.20. The molecule has 140 valence electrons. The van der Waals surface area contributed by atoms with Crippen LogP contribution in [0.15, 0.2) is 64.9 Å². The predicted octanol–water partition coefficient (Wildman–Crippen LogP) is 4.07. The molecule has 6 rings (SSSR count). The van der Waals surface area contributed by atoms with Crippen LogP contribution in [-0.4, -0.2) is 31.1 Å². The van der Waals surface area contributed by atoms with Gasteiger partial charge in [0.2, 0.25) is 0 Å². The smallest absolute Gasteiger partial charge is 0.125 e. The van der Waals surface area contributed by atoms with Gasteiger partial charge in [0.1, 0.15) is 17.7 Å². The van der Waals surface area contributed by atoms with Crippen molar-refractivity contribution < 1.29 is 0 Å². The Morgan fingerprint density at radius 3 is 2.83 bits per heavy atom. The van der Waals surface area contributed by atoms with Crippen molar-refractivity contribution in [3.05, 3.63) is 71.9 Å². The molecule has 1 aromatic carbocycles. The number of nitrogens with zero attached hydrogens (tertiary/aromatic N) is 6. The average Bonchev–Trinajstić information content (AvgIpc) is 3.33. The monoisotopic (exact) mass is 378 g/mol. The Morgan fingerprint density at radius 2 is 1.86 bits per heavy atom. The van der Waals surface area contributed by atoms with Gasteiger partial charge in [-0.2, -0.15) is 0 Å². The molecule has 29 heavy (non-hydrogen) atoms. The van der Waals surface area contributed by atoms with Crippen LogP contribution in [0.2, 0.25) is 0 Å². The van der Waals surface area contributed by atoms with Gasteiger partial charge in [-0.1, -0.05) is 6.07 Å². The lowest BCUT2D eigenvalue weighted by molar-refractivity contribution is 0.804. The summed E-state index contributed by atoms with van der Waals surface area (Å²) < 4.78 is 2.16. The molecule has 2 aliphatic rings. The van der Waals surface area contributed by atoms with E-state index in [4.69, 9.17) is 15.0 Å². The van der Waals surface area contributed by atoms with Gasteiger partial charge < -0.3 is 4.57 Å². The predicted molar refractivity (Wildman–Crippen MR) is 115 cm³/mol. The van der Waals surface area contributed by atoms with Crippen LogP contribution in [0.5, 0.6) is 0 Å². The van der Waals surface area contributed by atoms with Crippen molar-refractivity contribution in [2.75, 3.05) is 0 Å². The van der Waals surface area contributed by atoms with Gasteiger partial charge >= 0.3 is 0 Å². The summed E-state index contributed by atoms with van der Waals surface area (Å²) in [5.74, 6) is 1.91. The van der Waals surface area contributed by atoms with Gasteiger partial charge in [0.25, 0.3) is 0 Å². The summed E-state index contributed by atoms with van der Waals surface area (Å²) in [5, 5.41) is 1.09. The highest BCUT2D eigenvalue weighted by Gasteiger charge is 2.27. The van der Waals surface area contributed by atoms with Crippen LogP contribution in [-0.2, 0) is 13.5 Å². The van der Waals surface area contributed by atoms with Crippen molar-refractivity contribution >= 4 is 39.6 Å². The minimum Gasteiger partial charge on any atom is -0.331 e. The zero-order valence-corrected chi connectivity index (χ0v) is 15.9. The van der Waals surface area contributed by atoms with E-state index in [1.165, 1.54) is 0 Å². The number of fused-ring (bicyclic) bond motifs is 6. The van der Waals surface area contributed by atoms with E-state index in [-0.39, 0.29) is 6.04 Å². The Kier molecular flexibility index (Phi) is 3.47. The van der Waals surface area contributed by atoms with Gasteiger partial charge in [0.05, 0.1) is 28.0 Å². The number of aliphatic imine (C=N–C) groups is 2. The summed E-state index contributed by atoms with van der Waals surface area (Å²) in [6.07, 6.45) is 9.24. The number of imidazole rings is 1. The summed E-state index contributed by atoms with van der Waals surface area (Å²) in [4.78, 5) is 23.4. The first-order valence-corrected chi connectivity index (χ1v) is 9.75. The maximum atomic E-state index is 4.92. The lowest BCUT2D eigenvalue weighted by Crippen LogP contribution is -2.10. The number of aryl methyl sites for hydroxylation is 2. The molecule has 1 aliphatic carbocycles. The molecular weight excluding hydrogens is 360 g/mol. The molecule has 0 N–H and O–H groups in total. The summed E-state index contributed by atoms with van der Waals surface area (Å²) in [6.45, 7) is 0. The summed E-state index contributed by atoms with van der Waals surface area (Å²) in [6, 6.07) is 12.2. The molecule has 4 aromatic rings. The van der Waals surface area contributed by atoms with Crippen molar-refractivity contribution in [1.29, 1.82) is 0 Å². The third-order valence-electron chi connectivity index (χ3n) is 5.69. The van der Waals surface area contributed by atoms with Crippen molar-refractivity contribution in [2.24, 2.45) is 17.0 Å². The van der Waals surface area contributed by atoms with Crippen LogP contribution in [0.1, 0.15) is 29.5 Å². The second-order valence-electron chi connectivity index (χ2n) is 7.39. The number of amidine groups is 1. The van der Waals surface area contributed by atoms with Gasteiger partial charge in [-0.05, 0) is 42.5 Å². The van der Waals surface area contributed by atoms with Crippen LogP contribution in [0.4, 0.5) is 0 Å². The molecular formula is C23H18N6. The zero-order chi connectivity index (χ0) is 19.4. The Bertz CT molecular complexity index is 1370. The van der Waals surface area contributed by atoms with E-state index in [1.807, 2.05) is 36.7 Å². The maximum Gasteiger partial charge on any atom is 0.125 e. The van der Waals surface area contributed by atoms with E-state index in [1.54, 1.807) is 0 Å². The summed E-state index contributed by atoms with van der Waals surface area (Å²) >= 11 is 0. The molecule has 6 heteroatoms. The minimum atomic E-state index is -0.0193. The first kappa shape index (κ1) is 16.3. The second-order valence-corrected chi connectivity index (χ2v) is 7.39. The fourth-order valence-electron chi connectivity index (χ4n) is 4.20. The van der Waals surface area contributed by atoms with Gasteiger partial charge in [-0.25, -0.2) is 9.98 Å². The Balaban J connectivity index is 1.31. The van der Waals surface area contributed by atoms with Crippen LogP contribution in [0, 0.1) is 0 Å². The molecule has 0 spiro atoms. The highest BCUT2D eigenvalue weighted by atomic mass is 15.1. The Labute approximate surface area is 167 Å². The highest BCUT2D eigenvalue weighted by molar-refractivity contribution is 6.14. The quantitative estimate of drug-likeness (QED) is 0.540. The van der Waals surface area contributed by atoms with E-state index < -0.39 is 0 Å². The topological polar surface area (TPSA) is 68.3 Å². The number of hydrogen-bond donors (Lipinski definition) is 0. The molecule has 3 aromatic heterocycles. The number of benzene rings is 1. The minimum absolute atomic E-state index is 0.0193. The molecule has 0 saturated carbocycles. The van der Waals surface area contributed by atoms with Crippen LogP contribution in [0.25, 0.3) is 28.0 Å². The molecule has 1 unspecified atom stereocenters. The molecule has 1 aliphatic heterocycles. The van der Waals surface area contributed by atoms with Gasteiger partial charge in [0, 0.05) is 43.2 Å². The zero-order valence-electron chi connectivity index (χ0n) is 15.9. The van der Waals surface area contributed by atoms with E-state index in [0.29, 0.717) is 0 Å². The molecule has 0 saturated heterocycles. The van der Waals surface area contributed by atoms with Crippen molar-refractivity contribution in [1.82, 2.24) is 19.5 Å². The van der Waals surface area contributed by atoms with Crippen LogP contribution < -0.4 is 0 Å². The number of aromatic nitrogens is 4. The van der Waals surface area contributed by atoms with Crippen LogP contribution in [0.3, 0.4) is 0 Å². The normalized spacial score (nSPS) is 17.3. The van der Waals surface area contributed by atoms with E-state index >= 15 is 0 Å². The largest absolute Gasteiger partial charge is 0.331 e. The lowest BCUT2D eigenvalue weighted by atomic mass is 9.96. The first-order chi connectivity index (χ1) is 14.3. The second kappa shape index (κ2) is 6.17. The average molecular weight is 378 g/mol. The molecule has 6 nitrogen and oxygen atoms in total. The van der Waals surface area contributed by atoms with Crippen molar-refractivity contribution in [2.45, 2.75) is 18.9 Å². The molecule has 1 atom stereocenters. The number of hydrogen-bond acceptors (Lipinski definition) is 5. The Hall–Kier alpha value is -3.67.